The van der Waals surface area contributed by atoms with E-state index in [9.17, 15) is 4.79 Å². The van der Waals surface area contributed by atoms with Crippen molar-refractivity contribution in [3.05, 3.63) is 64.7 Å². The van der Waals surface area contributed by atoms with Crippen molar-refractivity contribution in [2.75, 3.05) is 7.11 Å². The summed E-state index contributed by atoms with van der Waals surface area (Å²) < 4.78 is 10.6. The molecule has 2 aromatic carbocycles. The number of benzene rings is 2. The molecular weight excluding hydrogens is 252 g/mol. The minimum Gasteiger partial charge on any atom is -0.488 e. The Labute approximate surface area is 119 Å². The lowest BCUT2D eigenvalue weighted by atomic mass is 10.1. The molecule has 0 aromatic heterocycles. The number of methoxy groups -OCH3 is 1. The maximum atomic E-state index is 11.5. The van der Waals surface area contributed by atoms with E-state index in [1.165, 1.54) is 7.11 Å². The molecule has 0 saturated heterocycles. The molecule has 0 heterocycles. The minimum absolute atomic E-state index is 0.328. The Hall–Kier alpha value is -2.29. The highest BCUT2D eigenvalue weighted by molar-refractivity contribution is 5.90. The number of esters is 1. The Balaban J connectivity index is 2.18. The minimum atomic E-state index is -0.328. The monoisotopic (exact) mass is 270 g/mol. The summed E-state index contributed by atoms with van der Waals surface area (Å²) in [4.78, 5) is 11.5. The van der Waals surface area contributed by atoms with Gasteiger partial charge in [-0.2, -0.15) is 0 Å². The van der Waals surface area contributed by atoms with Gasteiger partial charge in [-0.25, -0.2) is 4.79 Å². The number of carbonyl (C=O) groups excluding carboxylic acids is 1. The Morgan fingerprint density at radius 3 is 2.20 bits per heavy atom. The third-order valence-corrected chi connectivity index (χ3v) is 3.11. The summed E-state index contributed by atoms with van der Waals surface area (Å²) in [5, 5.41) is 0. The van der Waals surface area contributed by atoms with Gasteiger partial charge in [0, 0.05) is 0 Å². The number of hydrogen-bond acceptors (Lipinski definition) is 3. The molecule has 0 N–H and O–H groups in total. The Morgan fingerprint density at radius 1 is 1.05 bits per heavy atom. The smallest absolute Gasteiger partial charge is 0.337 e. The van der Waals surface area contributed by atoms with Crippen LogP contribution in [0.15, 0.2) is 42.5 Å². The first-order valence-corrected chi connectivity index (χ1v) is 6.48. The van der Waals surface area contributed by atoms with Crippen LogP contribution in [0.4, 0.5) is 0 Å². The van der Waals surface area contributed by atoms with E-state index in [1.54, 1.807) is 12.1 Å². The fourth-order valence-electron chi connectivity index (χ4n) is 2.14. The van der Waals surface area contributed by atoms with Crippen molar-refractivity contribution in [1.82, 2.24) is 0 Å². The van der Waals surface area contributed by atoms with Crippen LogP contribution in [0.25, 0.3) is 0 Å². The molecule has 0 aliphatic rings. The summed E-state index contributed by atoms with van der Waals surface area (Å²) in [7, 11) is 1.38. The lowest BCUT2D eigenvalue weighted by Gasteiger charge is -2.13. The largest absolute Gasteiger partial charge is 0.488 e. The van der Waals surface area contributed by atoms with Crippen molar-refractivity contribution in [3.63, 3.8) is 0 Å². The van der Waals surface area contributed by atoms with Gasteiger partial charge in [0.2, 0.25) is 0 Å². The Morgan fingerprint density at radius 2 is 1.65 bits per heavy atom. The molecule has 3 nitrogen and oxygen atoms in total. The van der Waals surface area contributed by atoms with Crippen LogP contribution < -0.4 is 4.74 Å². The zero-order valence-electron chi connectivity index (χ0n) is 12.0. The van der Waals surface area contributed by atoms with E-state index < -0.39 is 0 Å². The molecule has 2 aromatic rings. The Bertz CT molecular complexity index is 580. The van der Waals surface area contributed by atoms with Gasteiger partial charge in [-0.3, -0.25) is 0 Å². The number of rotatable bonds is 4. The number of aryl methyl sites for hydroxylation is 2. The van der Waals surface area contributed by atoms with E-state index in [0.29, 0.717) is 12.2 Å². The van der Waals surface area contributed by atoms with Crippen LogP contribution in [0.3, 0.4) is 0 Å². The fraction of sp³-hybridized carbons (Fsp3) is 0.235. The topological polar surface area (TPSA) is 35.5 Å². The average molecular weight is 270 g/mol. The summed E-state index contributed by atoms with van der Waals surface area (Å²) in [6.45, 7) is 4.37. The predicted molar refractivity (Wildman–Crippen MR) is 78.0 cm³/mol. The first-order chi connectivity index (χ1) is 9.61. The lowest BCUT2D eigenvalue weighted by molar-refractivity contribution is 0.0600. The van der Waals surface area contributed by atoms with Crippen LogP contribution in [0.5, 0.6) is 5.75 Å². The summed E-state index contributed by atoms with van der Waals surface area (Å²) in [6, 6.07) is 13.6. The van der Waals surface area contributed by atoms with Gasteiger partial charge in [-0.15, -0.1) is 0 Å². The molecule has 104 valence electrons. The quantitative estimate of drug-likeness (QED) is 0.795. The van der Waals surface area contributed by atoms with Crippen LogP contribution in [-0.4, -0.2) is 13.1 Å². The van der Waals surface area contributed by atoms with Crippen LogP contribution in [0.2, 0.25) is 0 Å². The van der Waals surface area contributed by atoms with Gasteiger partial charge in [0.1, 0.15) is 12.4 Å². The van der Waals surface area contributed by atoms with Crippen molar-refractivity contribution in [3.8, 4) is 5.75 Å². The van der Waals surface area contributed by atoms with Crippen molar-refractivity contribution in [1.29, 1.82) is 0 Å². The first-order valence-electron chi connectivity index (χ1n) is 6.48. The summed E-state index contributed by atoms with van der Waals surface area (Å²) >= 11 is 0. The van der Waals surface area contributed by atoms with Gasteiger partial charge in [0.25, 0.3) is 0 Å². The van der Waals surface area contributed by atoms with Crippen molar-refractivity contribution >= 4 is 5.97 Å². The normalized spacial score (nSPS) is 10.2. The second-order valence-corrected chi connectivity index (χ2v) is 4.71. The summed E-state index contributed by atoms with van der Waals surface area (Å²) in [6.07, 6.45) is 0. The Kier molecular flexibility index (Phi) is 4.41. The van der Waals surface area contributed by atoms with Crippen LogP contribution >= 0.6 is 0 Å². The molecule has 0 fully saturated rings. The molecule has 0 radical (unpaired) electrons. The summed E-state index contributed by atoms with van der Waals surface area (Å²) in [5.41, 5.74) is 3.53. The molecule has 0 spiro atoms. The third-order valence-electron chi connectivity index (χ3n) is 3.11. The highest BCUT2D eigenvalue weighted by atomic mass is 16.5. The van der Waals surface area contributed by atoms with Gasteiger partial charge < -0.3 is 9.47 Å². The molecule has 0 unspecified atom stereocenters. The van der Waals surface area contributed by atoms with Crippen molar-refractivity contribution in [2.45, 2.75) is 20.5 Å². The zero-order valence-corrected chi connectivity index (χ0v) is 12.0. The molecule has 0 aliphatic heterocycles. The van der Waals surface area contributed by atoms with E-state index in [4.69, 9.17) is 9.47 Å². The molecule has 0 amide bonds. The van der Waals surface area contributed by atoms with Crippen molar-refractivity contribution in [2.24, 2.45) is 0 Å². The van der Waals surface area contributed by atoms with Crippen LogP contribution in [0, 0.1) is 13.8 Å². The number of ether oxygens (including phenoxy) is 2. The predicted octanol–water partition coefficient (Wildman–Crippen LogP) is 3.67. The first kappa shape index (κ1) is 14.1. The molecule has 0 aliphatic carbocycles. The highest BCUT2D eigenvalue weighted by Gasteiger charge is 2.11. The maximum Gasteiger partial charge on any atom is 0.337 e. The SMILES string of the molecule is COC(=O)c1cc(C)c(OCc2ccccc2)c(C)c1. The number of carbonyl (C=O) groups is 1. The van der Waals surface area contributed by atoms with Gasteiger partial charge >= 0.3 is 5.97 Å². The van der Waals surface area contributed by atoms with E-state index in [0.717, 1.165) is 22.4 Å². The number of hydrogen-bond donors (Lipinski definition) is 0. The molecule has 0 atom stereocenters. The van der Waals surface area contributed by atoms with Crippen molar-refractivity contribution < 1.29 is 14.3 Å². The van der Waals surface area contributed by atoms with Crippen LogP contribution in [0.1, 0.15) is 27.0 Å². The summed E-state index contributed by atoms with van der Waals surface area (Å²) in [5.74, 6) is 0.493. The molecule has 20 heavy (non-hydrogen) atoms. The molecule has 2 rings (SSSR count). The molecular formula is C17H18O3. The lowest BCUT2D eigenvalue weighted by Crippen LogP contribution is -2.05. The standard InChI is InChI=1S/C17H18O3/c1-12-9-15(17(18)19-3)10-13(2)16(12)20-11-14-7-5-4-6-8-14/h4-10H,11H2,1-3H3. The van der Waals surface area contributed by atoms with Gasteiger partial charge in [-0.05, 0) is 42.7 Å². The highest BCUT2D eigenvalue weighted by Crippen LogP contribution is 2.26. The van der Waals surface area contributed by atoms with Crippen LogP contribution in [-0.2, 0) is 11.3 Å². The zero-order chi connectivity index (χ0) is 14.5. The van der Waals surface area contributed by atoms with E-state index in [-0.39, 0.29) is 5.97 Å². The van der Waals surface area contributed by atoms with Gasteiger partial charge in [0.15, 0.2) is 0 Å². The second-order valence-electron chi connectivity index (χ2n) is 4.71. The van der Waals surface area contributed by atoms with Gasteiger partial charge in [0.05, 0.1) is 12.7 Å². The fourth-order valence-corrected chi connectivity index (χ4v) is 2.14. The maximum absolute atomic E-state index is 11.5. The van der Waals surface area contributed by atoms with E-state index >= 15 is 0 Å². The van der Waals surface area contributed by atoms with E-state index in [2.05, 4.69) is 0 Å². The third kappa shape index (κ3) is 3.18. The van der Waals surface area contributed by atoms with Gasteiger partial charge in [-0.1, -0.05) is 30.3 Å². The van der Waals surface area contributed by atoms with E-state index in [1.807, 2.05) is 44.2 Å². The average Bonchev–Trinajstić information content (AvgIpc) is 2.46. The molecule has 0 saturated carbocycles. The molecule has 0 bridgehead atoms. The second kappa shape index (κ2) is 6.24. The molecule has 3 heteroatoms.